The van der Waals surface area contributed by atoms with Crippen LogP contribution in [0.5, 0.6) is 0 Å². The summed E-state index contributed by atoms with van der Waals surface area (Å²) >= 11 is 0. The monoisotopic (exact) mass is 468 g/mol. The minimum Gasteiger partial charge on any atom is -0.381 e. The molecule has 3 amide bonds. The number of ether oxygens (including phenoxy) is 1. The molecular weight excluding hydrogens is 432 g/mol. The lowest BCUT2D eigenvalue weighted by Crippen LogP contribution is -2.52. The van der Waals surface area contributed by atoms with Gasteiger partial charge in [-0.2, -0.15) is 0 Å². The fraction of sp³-hybridized carbons (Fsp3) is 0.654. The van der Waals surface area contributed by atoms with E-state index in [1.54, 1.807) is 4.90 Å². The van der Waals surface area contributed by atoms with Gasteiger partial charge in [0.15, 0.2) is 0 Å². The molecule has 0 bridgehead atoms. The number of hydrogen-bond acceptors (Lipinski definition) is 6. The van der Waals surface area contributed by atoms with E-state index in [4.69, 9.17) is 10.5 Å². The van der Waals surface area contributed by atoms with E-state index in [9.17, 15) is 14.4 Å². The fourth-order valence-corrected chi connectivity index (χ4v) is 6.22. The molecule has 1 atom stereocenters. The van der Waals surface area contributed by atoms with E-state index in [2.05, 4.69) is 16.3 Å². The molecule has 3 aliphatic heterocycles. The highest BCUT2D eigenvalue weighted by atomic mass is 16.5. The average molecular weight is 469 g/mol. The minimum absolute atomic E-state index is 0.139. The third-order valence-electron chi connectivity index (χ3n) is 8.49. The van der Waals surface area contributed by atoms with E-state index >= 15 is 0 Å². The van der Waals surface area contributed by atoms with Crippen molar-refractivity contribution >= 4 is 17.7 Å². The second-order valence-electron chi connectivity index (χ2n) is 10.6. The molecule has 2 saturated heterocycles. The zero-order valence-corrected chi connectivity index (χ0v) is 20.1. The van der Waals surface area contributed by atoms with Crippen molar-refractivity contribution in [2.24, 2.45) is 11.7 Å². The normalized spacial score (nSPS) is 29.8. The molecule has 4 aliphatic rings. The van der Waals surface area contributed by atoms with E-state index in [-0.39, 0.29) is 24.1 Å². The average Bonchev–Trinajstić information content (AvgIpc) is 3.17. The third-order valence-corrected chi connectivity index (χ3v) is 8.49. The first-order valence-corrected chi connectivity index (χ1v) is 12.7. The Labute approximate surface area is 201 Å². The number of nitrogens with zero attached hydrogens (tertiary/aromatic N) is 2. The molecule has 1 unspecified atom stereocenters. The maximum Gasteiger partial charge on any atom is 0.255 e. The van der Waals surface area contributed by atoms with Gasteiger partial charge < -0.3 is 20.3 Å². The number of imide groups is 1. The lowest BCUT2D eigenvalue weighted by atomic mass is 9.80. The van der Waals surface area contributed by atoms with Gasteiger partial charge in [0.2, 0.25) is 11.8 Å². The molecule has 0 aromatic heterocycles. The second kappa shape index (κ2) is 9.40. The molecule has 184 valence electrons. The predicted octanol–water partition coefficient (Wildman–Crippen LogP) is 1.90. The summed E-state index contributed by atoms with van der Waals surface area (Å²) in [5.41, 5.74) is 9.15. The minimum atomic E-state index is -0.588. The number of likely N-dealkylation sites (tertiary alicyclic amines) is 1. The molecule has 0 radical (unpaired) electrons. The number of fused-ring (bicyclic) bond motifs is 1. The highest BCUT2D eigenvalue weighted by molar-refractivity contribution is 6.05. The first kappa shape index (κ1) is 23.5. The van der Waals surface area contributed by atoms with Gasteiger partial charge in [-0.3, -0.25) is 19.7 Å². The van der Waals surface area contributed by atoms with Gasteiger partial charge in [-0.1, -0.05) is 12.1 Å². The molecule has 1 aromatic carbocycles. The maximum absolute atomic E-state index is 13.0. The van der Waals surface area contributed by atoms with Crippen LogP contribution in [0.1, 0.15) is 72.9 Å². The summed E-state index contributed by atoms with van der Waals surface area (Å²) in [6.45, 7) is 3.50. The molecule has 8 heteroatoms. The predicted molar refractivity (Wildman–Crippen MR) is 127 cm³/mol. The smallest absolute Gasteiger partial charge is 0.255 e. The van der Waals surface area contributed by atoms with Crippen LogP contribution in [0.25, 0.3) is 0 Å². The molecule has 3 fully saturated rings. The number of piperidine rings is 2. The van der Waals surface area contributed by atoms with Crippen molar-refractivity contribution in [2.45, 2.75) is 75.6 Å². The Kier molecular flexibility index (Phi) is 6.48. The summed E-state index contributed by atoms with van der Waals surface area (Å²) in [5.74, 6) is -0.0381. The van der Waals surface area contributed by atoms with Gasteiger partial charge in [0.05, 0.1) is 6.10 Å². The van der Waals surface area contributed by atoms with Crippen LogP contribution >= 0.6 is 0 Å². The SMILES string of the molecule is CO[C@H]1CC[C@H](CN2CCC(N)(c3ccc4c(c3)CN(C3CCC(=O)NC3=O)C4=O)CC2)CC1. The van der Waals surface area contributed by atoms with Crippen molar-refractivity contribution in [3.8, 4) is 0 Å². The molecule has 3 heterocycles. The molecule has 1 aromatic rings. The standard InChI is InChI=1S/C26H36N4O4/c1-34-20-5-2-17(3-6-20)15-29-12-10-26(27,11-13-29)19-4-7-21-18(14-19)16-30(25(21)33)22-8-9-23(31)28-24(22)32/h4,7,14,17,20,22H,2-3,5-6,8-13,15-16,27H2,1H3,(H,28,31,32)/t17-,20-,22?. The Morgan fingerprint density at radius 2 is 1.82 bits per heavy atom. The zero-order valence-electron chi connectivity index (χ0n) is 20.1. The topological polar surface area (TPSA) is 105 Å². The molecule has 34 heavy (non-hydrogen) atoms. The van der Waals surface area contributed by atoms with Crippen LogP contribution in [0.3, 0.4) is 0 Å². The molecule has 8 nitrogen and oxygen atoms in total. The number of carbonyl (C=O) groups excluding carboxylic acids is 3. The third kappa shape index (κ3) is 4.51. The van der Waals surface area contributed by atoms with E-state index in [1.807, 2.05) is 19.2 Å². The molecular formula is C26H36N4O4. The summed E-state index contributed by atoms with van der Waals surface area (Å²) < 4.78 is 5.51. The summed E-state index contributed by atoms with van der Waals surface area (Å²) in [7, 11) is 1.82. The van der Waals surface area contributed by atoms with E-state index in [0.717, 1.165) is 49.5 Å². The molecule has 0 spiro atoms. The van der Waals surface area contributed by atoms with Crippen LogP contribution in [-0.2, 0) is 26.4 Å². The number of benzene rings is 1. The van der Waals surface area contributed by atoms with Gasteiger partial charge in [0.1, 0.15) is 6.04 Å². The lowest BCUT2D eigenvalue weighted by Gasteiger charge is -2.41. The first-order chi connectivity index (χ1) is 16.4. The van der Waals surface area contributed by atoms with Gasteiger partial charge in [-0.05, 0) is 68.1 Å². The largest absolute Gasteiger partial charge is 0.381 e. The van der Waals surface area contributed by atoms with Crippen LogP contribution < -0.4 is 11.1 Å². The van der Waals surface area contributed by atoms with Crippen molar-refractivity contribution in [3.63, 3.8) is 0 Å². The quantitative estimate of drug-likeness (QED) is 0.640. The van der Waals surface area contributed by atoms with Crippen molar-refractivity contribution in [1.82, 2.24) is 15.1 Å². The zero-order chi connectivity index (χ0) is 23.9. The fourth-order valence-electron chi connectivity index (χ4n) is 6.22. The van der Waals surface area contributed by atoms with Crippen molar-refractivity contribution < 1.29 is 19.1 Å². The van der Waals surface area contributed by atoms with E-state index in [1.165, 1.54) is 25.7 Å². The van der Waals surface area contributed by atoms with Gasteiger partial charge in [-0.15, -0.1) is 0 Å². The van der Waals surface area contributed by atoms with Gasteiger partial charge in [0, 0.05) is 50.8 Å². The number of nitrogens with two attached hydrogens (primary N) is 1. The molecule has 5 rings (SSSR count). The number of methoxy groups -OCH3 is 1. The second-order valence-corrected chi connectivity index (χ2v) is 10.6. The number of amides is 3. The Bertz CT molecular complexity index is 964. The van der Waals surface area contributed by atoms with Crippen LogP contribution in [0.2, 0.25) is 0 Å². The summed E-state index contributed by atoms with van der Waals surface area (Å²) in [6, 6.07) is 5.34. The Morgan fingerprint density at radius 1 is 1.09 bits per heavy atom. The van der Waals surface area contributed by atoms with Crippen molar-refractivity contribution in [1.29, 1.82) is 0 Å². The lowest BCUT2D eigenvalue weighted by molar-refractivity contribution is -0.136. The molecule has 3 N–H and O–H groups in total. The Balaban J connectivity index is 1.21. The highest BCUT2D eigenvalue weighted by Gasteiger charge is 2.40. The Hall–Kier alpha value is -2.29. The van der Waals surface area contributed by atoms with Crippen molar-refractivity contribution in [2.75, 3.05) is 26.7 Å². The van der Waals surface area contributed by atoms with Crippen molar-refractivity contribution in [3.05, 3.63) is 34.9 Å². The van der Waals surface area contributed by atoms with Crippen LogP contribution in [0, 0.1) is 5.92 Å². The van der Waals surface area contributed by atoms with Gasteiger partial charge in [-0.25, -0.2) is 0 Å². The molecule has 1 saturated carbocycles. The Morgan fingerprint density at radius 3 is 2.50 bits per heavy atom. The highest BCUT2D eigenvalue weighted by Crippen LogP contribution is 2.36. The summed E-state index contributed by atoms with van der Waals surface area (Å²) in [5, 5.41) is 2.36. The number of carbonyl (C=O) groups is 3. The van der Waals surface area contributed by atoms with Crippen LogP contribution in [0.4, 0.5) is 0 Å². The number of nitrogens with one attached hydrogen (secondary N) is 1. The summed E-state index contributed by atoms with van der Waals surface area (Å²) in [6.07, 6.45) is 7.68. The maximum atomic E-state index is 13.0. The van der Waals surface area contributed by atoms with E-state index < -0.39 is 11.6 Å². The van der Waals surface area contributed by atoms with Crippen LogP contribution in [0.15, 0.2) is 18.2 Å². The summed E-state index contributed by atoms with van der Waals surface area (Å²) in [4.78, 5) is 40.9. The number of hydrogen-bond donors (Lipinski definition) is 2. The van der Waals surface area contributed by atoms with Gasteiger partial charge >= 0.3 is 0 Å². The molecule has 1 aliphatic carbocycles. The van der Waals surface area contributed by atoms with Crippen LogP contribution in [-0.4, -0.2) is 66.4 Å². The first-order valence-electron chi connectivity index (χ1n) is 12.7. The van der Waals surface area contributed by atoms with E-state index in [0.29, 0.717) is 24.6 Å². The number of rotatable bonds is 5. The van der Waals surface area contributed by atoms with Gasteiger partial charge in [0.25, 0.3) is 5.91 Å².